The molecule has 1 rings (SSSR count). The lowest BCUT2D eigenvalue weighted by atomic mass is 9.95. The molecule has 0 aromatic rings. The Hall–Kier alpha value is -0.450. The number of likely N-dealkylation sites (tertiary alicyclic amines) is 1. The van der Waals surface area contributed by atoms with Gasteiger partial charge in [-0.1, -0.05) is 6.92 Å². The zero-order chi connectivity index (χ0) is 8.59. The number of ketones is 1. The van der Waals surface area contributed by atoms with Gasteiger partial charge in [-0.3, -0.25) is 9.69 Å². The number of Topliss-reactive ketones (excluding diaryl/α,β-unsaturated/α-hetero) is 1. The van der Waals surface area contributed by atoms with E-state index in [1.54, 1.807) is 18.9 Å². The molecule has 64 valence electrons. The molecule has 0 radical (unpaired) electrons. The molecule has 1 fully saturated rings. The quantitative estimate of drug-likeness (QED) is 0.467. The van der Waals surface area contributed by atoms with Gasteiger partial charge >= 0.3 is 0 Å². The van der Waals surface area contributed by atoms with Gasteiger partial charge < -0.3 is 10.2 Å². The van der Waals surface area contributed by atoms with Gasteiger partial charge in [0.05, 0.1) is 5.92 Å². The van der Waals surface area contributed by atoms with Crippen LogP contribution < -0.4 is 0 Å². The van der Waals surface area contributed by atoms with Crippen LogP contribution in [0.4, 0.5) is 0 Å². The molecule has 1 heterocycles. The van der Waals surface area contributed by atoms with E-state index < -0.39 is 18.2 Å². The minimum absolute atomic E-state index is 0.227. The number of nitrogens with zero attached hydrogens (tertiary/aromatic N) is 1. The van der Waals surface area contributed by atoms with Crippen molar-refractivity contribution in [3.63, 3.8) is 0 Å². The Bertz CT molecular complexity index is 171. The summed E-state index contributed by atoms with van der Waals surface area (Å²) in [5.41, 5.74) is 0. The zero-order valence-corrected chi connectivity index (χ0v) is 6.69. The van der Waals surface area contributed by atoms with Crippen molar-refractivity contribution in [1.82, 2.24) is 4.90 Å². The van der Waals surface area contributed by atoms with Crippen LogP contribution in [-0.2, 0) is 4.79 Å². The Morgan fingerprint density at radius 3 is 2.64 bits per heavy atom. The highest BCUT2D eigenvalue weighted by Gasteiger charge is 2.36. The van der Waals surface area contributed by atoms with Crippen LogP contribution >= 0.6 is 0 Å². The Balaban J connectivity index is 2.70. The molecule has 4 nitrogen and oxygen atoms in total. The maximum atomic E-state index is 11.0. The molecule has 1 saturated heterocycles. The number of aliphatic hydroxyl groups is 2. The first-order valence-electron chi connectivity index (χ1n) is 3.64. The molecule has 0 amide bonds. The van der Waals surface area contributed by atoms with Crippen LogP contribution in [0.2, 0.25) is 0 Å². The van der Waals surface area contributed by atoms with Gasteiger partial charge in [0, 0.05) is 6.54 Å². The van der Waals surface area contributed by atoms with Gasteiger partial charge in [-0.05, 0) is 7.05 Å². The monoisotopic (exact) mass is 159 g/mol. The van der Waals surface area contributed by atoms with Gasteiger partial charge in [0.15, 0.2) is 5.78 Å². The average Bonchev–Trinajstić information content (AvgIpc) is 1.97. The first kappa shape index (κ1) is 8.64. The summed E-state index contributed by atoms with van der Waals surface area (Å²) in [6.07, 6.45) is -1.68. The number of carbonyl (C=O) groups excluding carboxylic acids is 1. The summed E-state index contributed by atoms with van der Waals surface area (Å²) < 4.78 is 0. The van der Waals surface area contributed by atoms with Crippen LogP contribution in [0.5, 0.6) is 0 Å². The lowest BCUT2D eigenvalue weighted by Gasteiger charge is -2.35. The minimum atomic E-state index is -0.932. The second kappa shape index (κ2) is 2.89. The summed E-state index contributed by atoms with van der Waals surface area (Å²) in [5.74, 6) is -0.751. The van der Waals surface area contributed by atoms with Crippen LogP contribution in [0.3, 0.4) is 0 Å². The summed E-state index contributed by atoms with van der Waals surface area (Å²) in [6.45, 7) is 1.84. The standard InChI is InChI=1S/C7H13NO3/c1-4-6(10)5(9)3-8(2)7(4)11/h4-5,7,9,11H,3H2,1-2H3. The molecule has 2 N–H and O–H groups in total. The van der Waals surface area contributed by atoms with Crippen molar-refractivity contribution >= 4 is 5.78 Å². The topological polar surface area (TPSA) is 60.8 Å². The number of β-amino-alcohol motifs (C(OH)–C–C–N with tert-alkyl or cyclic N) is 1. The van der Waals surface area contributed by atoms with Crippen molar-refractivity contribution in [3.05, 3.63) is 0 Å². The van der Waals surface area contributed by atoms with Crippen LogP contribution in [0.15, 0.2) is 0 Å². The van der Waals surface area contributed by atoms with E-state index in [0.717, 1.165) is 0 Å². The molecule has 3 atom stereocenters. The van der Waals surface area contributed by atoms with Crippen LogP contribution in [-0.4, -0.2) is 46.8 Å². The third-order valence-electron chi connectivity index (χ3n) is 2.14. The predicted octanol–water partition coefficient (Wildman–Crippen LogP) is -1.18. The van der Waals surface area contributed by atoms with Crippen LogP contribution in [0.1, 0.15) is 6.92 Å². The Morgan fingerprint density at radius 2 is 2.09 bits per heavy atom. The summed E-state index contributed by atoms with van der Waals surface area (Å²) in [5, 5.41) is 18.5. The van der Waals surface area contributed by atoms with Crippen molar-refractivity contribution < 1.29 is 15.0 Å². The number of piperidine rings is 1. The van der Waals surface area contributed by atoms with Crippen molar-refractivity contribution in [2.24, 2.45) is 5.92 Å². The van der Waals surface area contributed by atoms with E-state index in [9.17, 15) is 9.90 Å². The molecule has 11 heavy (non-hydrogen) atoms. The molecule has 4 heteroatoms. The fourth-order valence-electron chi connectivity index (χ4n) is 1.30. The number of rotatable bonds is 0. The van der Waals surface area contributed by atoms with Crippen LogP contribution in [0.25, 0.3) is 0 Å². The second-order valence-electron chi connectivity index (χ2n) is 3.06. The lowest BCUT2D eigenvalue weighted by Crippen LogP contribution is -2.53. The first-order valence-corrected chi connectivity index (χ1v) is 3.64. The van der Waals surface area contributed by atoms with E-state index in [1.165, 1.54) is 0 Å². The van der Waals surface area contributed by atoms with Gasteiger partial charge in [-0.2, -0.15) is 0 Å². The minimum Gasteiger partial charge on any atom is -0.384 e. The molecule has 0 aliphatic carbocycles. The van der Waals surface area contributed by atoms with Crippen molar-refractivity contribution in [2.75, 3.05) is 13.6 Å². The lowest BCUT2D eigenvalue weighted by molar-refractivity contribution is -0.151. The third kappa shape index (κ3) is 1.42. The van der Waals surface area contributed by atoms with Gasteiger partial charge in [0.25, 0.3) is 0 Å². The first-order chi connectivity index (χ1) is 5.04. The SMILES string of the molecule is CC1C(=O)C(O)CN(C)C1O. The molecule has 0 saturated carbocycles. The van der Waals surface area contributed by atoms with E-state index in [1.807, 2.05) is 0 Å². The highest BCUT2D eigenvalue weighted by Crippen LogP contribution is 2.16. The number of hydrogen-bond acceptors (Lipinski definition) is 4. The Labute approximate surface area is 65.4 Å². The van der Waals surface area contributed by atoms with Gasteiger partial charge in [-0.15, -0.1) is 0 Å². The fraction of sp³-hybridized carbons (Fsp3) is 0.857. The largest absolute Gasteiger partial charge is 0.384 e. The van der Waals surface area contributed by atoms with Crippen molar-refractivity contribution in [1.29, 1.82) is 0 Å². The summed E-state index contributed by atoms with van der Waals surface area (Å²) in [4.78, 5) is 12.6. The molecule has 0 bridgehead atoms. The number of likely N-dealkylation sites (N-methyl/N-ethyl adjacent to an activating group) is 1. The molecule has 1 aliphatic heterocycles. The normalized spacial score (nSPS) is 41.1. The van der Waals surface area contributed by atoms with E-state index >= 15 is 0 Å². The van der Waals surface area contributed by atoms with E-state index in [-0.39, 0.29) is 12.3 Å². The molecular weight excluding hydrogens is 146 g/mol. The maximum absolute atomic E-state index is 11.0. The van der Waals surface area contributed by atoms with Gasteiger partial charge in [0.2, 0.25) is 0 Å². The predicted molar refractivity (Wildman–Crippen MR) is 38.8 cm³/mol. The smallest absolute Gasteiger partial charge is 0.169 e. The van der Waals surface area contributed by atoms with Gasteiger partial charge in [-0.25, -0.2) is 0 Å². The number of hydrogen-bond donors (Lipinski definition) is 2. The molecular formula is C7H13NO3. The van der Waals surface area contributed by atoms with E-state index in [2.05, 4.69) is 0 Å². The van der Waals surface area contributed by atoms with E-state index in [4.69, 9.17) is 5.11 Å². The molecule has 3 unspecified atom stereocenters. The van der Waals surface area contributed by atoms with Crippen molar-refractivity contribution in [3.8, 4) is 0 Å². The molecule has 1 aliphatic rings. The molecule has 0 aromatic heterocycles. The van der Waals surface area contributed by atoms with Crippen LogP contribution in [0, 0.1) is 5.92 Å². The average molecular weight is 159 g/mol. The van der Waals surface area contributed by atoms with Gasteiger partial charge in [0.1, 0.15) is 12.3 Å². The van der Waals surface area contributed by atoms with E-state index in [0.29, 0.717) is 0 Å². The number of aliphatic hydroxyl groups excluding tert-OH is 2. The molecule has 0 aromatic carbocycles. The highest BCUT2D eigenvalue weighted by molar-refractivity contribution is 5.86. The third-order valence-corrected chi connectivity index (χ3v) is 2.14. The highest BCUT2D eigenvalue weighted by atomic mass is 16.3. The second-order valence-corrected chi connectivity index (χ2v) is 3.06. The summed E-state index contributed by atoms with van der Waals surface area (Å²) in [6, 6.07) is 0. The summed E-state index contributed by atoms with van der Waals surface area (Å²) >= 11 is 0. The Morgan fingerprint density at radius 1 is 1.55 bits per heavy atom. The van der Waals surface area contributed by atoms with Crippen molar-refractivity contribution in [2.45, 2.75) is 19.3 Å². The zero-order valence-electron chi connectivity index (χ0n) is 6.69. The maximum Gasteiger partial charge on any atom is 0.169 e. The molecule has 0 spiro atoms. The summed E-state index contributed by atoms with van der Waals surface area (Å²) in [7, 11) is 1.68. The number of carbonyl (C=O) groups is 1. The Kier molecular flexibility index (Phi) is 2.27. The fourth-order valence-corrected chi connectivity index (χ4v) is 1.30.